The highest BCUT2D eigenvalue weighted by molar-refractivity contribution is 6.31. The van der Waals surface area contributed by atoms with Crippen molar-refractivity contribution in [2.45, 2.75) is 32.2 Å². The number of carbonyl (C=O) groups is 1. The monoisotopic (exact) mass is 281 g/mol. The first-order valence-electron chi connectivity index (χ1n) is 6.82. The fraction of sp³-hybridized carbons (Fsp3) is 0.533. The third-order valence-electron chi connectivity index (χ3n) is 3.97. The summed E-state index contributed by atoms with van der Waals surface area (Å²) in [6, 6.07) is 8.05. The van der Waals surface area contributed by atoms with Crippen molar-refractivity contribution in [1.82, 2.24) is 4.90 Å². The van der Waals surface area contributed by atoms with Crippen LogP contribution in [0, 0.1) is 5.92 Å². The minimum Gasteiger partial charge on any atom is -0.481 e. The van der Waals surface area contributed by atoms with Crippen molar-refractivity contribution in [3.8, 4) is 0 Å². The summed E-state index contributed by atoms with van der Waals surface area (Å²) >= 11 is 6.11. The number of carboxylic acids is 1. The van der Waals surface area contributed by atoms with Gasteiger partial charge in [0.2, 0.25) is 0 Å². The van der Waals surface area contributed by atoms with Crippen molar-refractivity contribution < 1.29 is 9.90 Å². The Morgan fingerprint density at radius 2 is 2.26 bits per heavy atom. The number of rotatable bonds is 6. The molecular weight excluding hydrogens is 262 g/mol. The van der Waals surface area contributed by atoms with Crippen LogP contribution < -0.4 is 0 Å². The van der Waals surface area contributed by atoms with Crippen molar-refractivity contribution in [3.63, 3.8) is 0 Å². The lowest BCUT2D eigenvalue weighted by molar-refractivity contribution is -0.143. The van der Waals surface area contributed by atoms with Crippen molar-refractivity contribution >= 4 is 17.6 Å². The number of nitrogens with zero attached hydrogens (tertiary/aromatic N) is 1. The maximum Gasteiger partial charge on any atom is 0.308 e. The predicted molar refractivity (Wildman–Crippen MR) is 76.6 cm³/mol. The third kappa shape index (κ3) is 3.48. The van der Waals surface area contributed by atoms with Crippen LogP contribution in [0.15, 0.2) is 24.3 Å². The summed E-state index contributed by atoms with van der Waals surface area (Å²) in [5, 5.41) is 10.0. The maximum atomic E-state index is 11.4. The number of hydrogen-bond donors (Lipinski definition) is 1. The molecular formula is C15H20ClNO2. The molecule has 1 aromatic carbocycles. The standard InChI is InChI=1S/C15H20ClNO2/c1-2-13-7-8-17(13)10-12(15(18)19)9-11-5-3-4-6-14(11)16/h3-6,12-13H,2,7-10H2,1H3,(H,18,19). The van der Waals surface area contributed by atoms with E-state index in [2.05, 4.69) is 11.8 Å². The fourth-order valence-electron chi connectivity index (χ4n) is 2.64. The summed E-state index contributed by atoms with van der Waals surface area (Å²) in [4.78, 5) is 13.7. The molecule has 1 N–H and O–H groups in total. The highest BCUT2D eigenvalue weighted by Crippen LogP contribution is 2.24. The first-order chi connectivity index (χ1) is 9.11. The van der Waals surface area contributed by atoms with E-state index >= 15 is 0 Å². The van der Waals surface area contributed by atoms with Gasteiger partial charge >= 0.3 is 5.97 Å². The zero-order valence-electron chi connectivity index (χ0n) is 11.2. The molecule has 1 saturated heterocycles. The quantitative estimate of drug-likeness (QED) is 0.871. The van der Waals surface area contributed by atoms with Gasteiger partial charge in [0.15, 0.2) is 0 Å². The summed E-state index contributed by atoms with van der Waals surface area (Å²) in [5.41, 5.74) is 0.921. The molecule has 2 atom stereocenters. The van der Waals surface area contributed by atoms with Gasteiger partial charge in [0.25, 0.3) is 0 Å². The second-order valence-corrected chi connectivity index (χ2v) is 5.58. The SMILES string of the molecule is CCC1CCN1CC(Cc1ccccc1Cl)C(=O)O. The van der Waals surface area contributed by atoms with Crippen LogP contribution in [0.4, 0.5) is 0 Å². The Labute approximate surface area is 119 Å². The van der Waals surface area contributed by atoms with E-state index in [1.165, 1.54) is 6.42 Å². The van der Waals surface area contributed by atoms with E-state index in [1.807, 2.05) is 24.3 Å². The molecule has 1 fully saturated rings. The average molecular weight is 282 g/mol. The molecule has 1 aliphatic heterocycles. The molecule has 19 heavy (non-hydrogen) atoms. The Bertz CT molecular complexity index is 448. The Hall–Kier alpha value is -1.06. The summed E-state index contributed by atoms with van der Waals surface area (Å²) in [6.45, 7) is 3.80. The molecule has 1 aliphatic rings. The molecule has 0 radical (unpaired) electrons. The fourth-order valence-corrected chi connectivity index (χ4v) is 2.85. The number of aliphatic carboxylic acids is 1. The van der Waals surface area contributed by atoms with Gasteiger partial charge in [-0.1, -0.05) is 36.7 Å². The van der Waals surface area contributed by atoms with E-state index in [4.69, 9.17) is 11.6 Å². The number of benzene rings is 1. The lowest BCUT2D eigenvalue weighted by Crippen LogP contribution is -2.50. The molecule has 2 unspecified atom stereocenters. The molecule has 2 rings (SSSR count). The van der Waals surface area contributed by atoms with Crippen molar-refractivity contribution in [1.29, 1.82) is 0 Å². The Kier molecular flexibility index (Phi) is 4.83. The van der Waals surface area contributed by atoms with Crippen LogP contribution in [-0.4, -0.2) is 35.1 Å². The maximum absolute atomic E-state index is 11.4. The van der Waals surface area contributed by atoms with Gasteiger partial charge in [0.1, 0.15) is 0 Å². The molecule has 4 heteroatoms. The van der Waals surface area contributed by atoms with Crippen molar-refractivity contribution in [2.24, 2.45) is 5.92 Å². The lowest BCUT2D eigenvalue weighted by atomic mass is 9.94. The minimum absolute atomic E-state index is 0.380. The van der Waals surface area contributed by atoms with Crippen LogP contribution in [-0.2, 0) is 11.2 Å². The average Bonchev–Trinajstić information content (AvgIpc) is 2.35. The van der Waals surface area contributed by atoms with Gasteiger partial charge in [0.05, 0.1) is 5.92 Å². The van der Waals surface area contributed by atoms with E-state index in [1.54, 1.807) is 0 Å². The van der Waals surface area contributed by atoms with Gasteiger partial charge in [-0.25, -0.2) is 0 Å². The zero-order chi connectivity index (χ0) is 13.8. The molecule has 1 aromatic rings. The zero-order valence-corrected chi connectivity index (χ0v) is 11.9. The van der Waals surface area contributed by atoms with Gasteiger partial charge in [-0.2, -0.15) is 0 Å². The van der Waals surface area contributed by atoms with Crippen molar-refractivity contribution in [3.05, 3.63) is 34.9 Å². The molecule has 0 spiro atoms. The number of hydrogen-bond acceptors (Lipinski definition) is 2. The van der Waals surface area contributed by atoms with Crippen LogP contribution in [0.25, 0.3) is 0 Å². The number of likely N-dealkylation sites (tertiary alicyclic amines) is 1. The highest BCUT2D eigenvalue weighted by atomic mass is 35.5. The van der Waals surface area contributed by atoms with E-state index in [-0.39, 0.29) is 5.92 Å². The van der Waals surface area contributed by atoms with E-state index in [9.17, 15) is 9.90 Å². The van der Waals surface area contributed by atoms with Gasteiger partial charge in [-0.15, -0.1) is 0 Å². The van der Waals surface area contributed by atoms with Crippen LogP contribution in [0.3, 0.4) is 0 Å². The first kappa shape index (κ1) is 14.4. The summed E-state index contributed by atoms with van der Waals surface area (Å²) in [7, 11) is 0. The molecule has 0 aromatic heterocycles. The van der Waals surface area contributed by atoms with E-state index in [0.717, 1.165) is 18.5 Å². The second kappa shape index (κ2) is 6.40. The smallest absolute Gasteiger partial charge is 0.308 e. The summed E-state index contributed by atoms with van der Waals surface area (Å²) in [5.74, 6) is -1.11. The summed E-state index contributed by atoms with van der Waals surface area (Å²) < 4.78 is 0. The molecule has 0 aliphatic carbocycles. The van der Waals surface area contributed by atoms with Crippen LogP contribution in [0.2, 0.25) is 5.02 Å². The Balaban J connectivity index is 2.01. The van der Waals surface area contributed by atoms with Gasteiger partial charge in [-0.05, 0) is 37.4 Å². The van der Waals surface area contributed by atoms with Gasteiger partial charge in [-0.3, -0.25) is 9.69 Å². The predicted octanol–water partition coefficient (Wildman–Crippen LogP) is 3.07. The topological polar surface area (TPSA) is 40.5 Å². The minimum atomic E-state index is -0.735. The van der Waals surface area contributed by atoms with Crippen molar-refractivity contribution in [2.75, 3.05) is 13.1 Å². The van der Waals surface area contributed by atoms with Crippen LogP contribution in [0.5, 0.6) is 0 Å². The molecule has 104 valence electrons. The largest absolute Gasteiger partial charge is 0.481 e. The van der Waals surface area contributed by atoms with E-state index < -0.39 is 5.97 Å². The lowest BCUT2D eigenvalue weighted by Gasteiger charge is -2.42. The highest BCUT2D eigenvalue weighted by Gasteiger charge is 2.31. The molecule has 3 nitrogen and oxygen atoms in total. The molecule has 0 amide bonds. The summed E-state index contributed by atoms with van der Waals surface area (Å²) in [6.07, 6.45) is 2.79. The normalized spacial score (nSPS) is 20.8. The Morgan fingerprint density at radius 3 is 2.79 bits per heavy atom. The van der Waals surface area contributed by atoms with Crippen LogP contribution >= 0.6 is 11.6 Å². The van der Waals surface area contributed by atoms with Crippen LogP contribution in [0.1, 0.15) is 25.3 Å². The second-order valence-electron chi connectivity index (χ2n) is 5.18. The number of carboxylic acid groups (broad SMARTS) is 1. The first-order valence-corrected chi connectivity index (χ1v) is 7.20. The third-order valence-corrected chi connectivity index (χ3v) is 4.33. The molecule has 1 heterocycles. The Morgan fingerprint density at radius 1 is 1.53 bits per heavy atom. The number of halogens is 1. The van der Waals surface area contributed by atoms with E-state index in [0.29, 0.717) is 24.0 Å². The molecule has 0 saturated carbocycles. The van der Waals surface area contributed by atoms with Gasteiger partial charge < -0.3 is 5.11 Å². The molecule has 0 bridgehead atoms. The van der Waals surface area contributed by atoms with Gasteiger partial charge in [0, 0.05) is 17.6 Å².